The number of aliphatic hydroxyl groups excluding tert-OH is 1. The van der Waals surface area contributed by atoms with Crippen molar-refractivity contribution in [3.8, 4) is 0 Å². The highest BCUT2D eigenvalue weighted by molar-refractivity contribution is 5.79. The standard InChI is InChI=1S/C8H12FN5O2/c1-11-8-13-2-4(9)7(14-8)12-3-5(15)6(10)16/h2,5,15H,3H2,1H3,(H2,10,16)(H2,11,12,13,14). The van der Waals surface area contributed by atoms with E-state index in [2.05, 4.69) is 20.6 Å². The lowest BCUT2D eigenvalue weighted by molar-refractivity contribution is -0.125. The average molecular weight is 229 g/mol. The van der Waals surface area contributed by atoms with Crippen molar-refractivity contribution in [1.29, 1.82) is 0 Å². The fourth-order valence-electron chi connectivity index (χ4n) is 0.905. The largest absolute Gasteiger partial charge is 0.381 e. The Morgan fingerprint density at radius 2 is 2.44 bits per heavy atom. The Morgan fingerprint density at radius 1 is 1.75 bits per heavy atom. The molecule has 0 aliphatic rings. The van der Waals surface area contributed by atoms with Crippen molar-refractivity contribution in [2.45, 2.75) is 6.10 Å². The lowest BCUT2D eigenvalue weighted by atomic mass is 10.3. The maximum Gasteiger partial charge on any atom is 0.248 e. The van der Waals surface area contributed by atoms with Crippen LogP contribution in [0.15, 0.2) is 6.20 Å². The molecule has 1 aromatic rings. The van der Waals surface area contributed by atoms with Gasteiger partial charge in [0, 0.05) is 7.05 Å². The molecule has 1 rings (SSSR count). The number of rotatable bonds is 5. The number of carbonyl (C=O) groups excluding carboxylic acids is 1. The van der Waals surface area contributed by atoms with Gasteiger partial charge in [0.2, 0.25) is 11.9 Å². The number of halogens is 1. The van der Waals surface area contributed by atoms with Gasteiger partial charge in [-0.2, -0.15) is 4.98 Å². The molecule has 8 heteroatoms. The summed E-state index contributed by atoms with van der Waals surface area (Å²) >= 11 is 0. The Morgan fingerprint density at radius 3 is 3.00 bits per heavy atom. The second kappa shape index (κ2) is 5.21. The van der Waals surface area contributed by atoms with Crippen LogP contribution in [0.25, 0.3) is 0 Å². The van der Waals surface area contributed by atoms with Crippen LogP contribution in [0, 0.1) is 5.82 Å². The minimum Gasteiger partial charge on any atom is -0.381 e. The predicted molar refractivity (Wildman–Crippen MR) is 55.2 cm³/mol. The topological polar surface area (TPSA) is 113 Å². The van der Waals surface area contributed by atoms with Crippen molar-refractivity contribution in [3.63, 3.8) is 0 Å². The molecule has 1 aromatic heterocycles. The van der Waals surface area contributed by atoms with Gasteiger partial charge in [0.15, 0.2) is 11.6 Å². The zero-order valence-corrected chi connectivity index (χ0v) is 8.57. The molecular weight excluding hydrogens is 217 g/mol. The molecule has 1 amide bonds. The van der Waals surface area contributed by atoms with Crippen LogP contribution in [-0.2, 0) is 4.79 Å². The molecule has 16 heavy (non-hydrogen) atoms. The molecule has 0 fully saturated rings. The van der Waals surface area contributed by atoms with Gasteiger partial charge in [-0.3, -0.25) is 4.79 Å². The normalized spacial score (nSPS) is 11.9. The number of hydrogen-bond acceptors (Lipinski definition) is 6. The van der Waals surface area contributed by atoms with Gasteiger partial charge in [0.05, 0.1) is 12.7 Å². The Bertz CT molecular complexity index is 387. The van der Waals surface area contributed by atoms with Crippen molar-refractivity contribution in [1.82, 2.24) is 9.97 Å². The van der Waals surface area contributed by atoms with E-state index < -0.39 is 17.8 Å². The van der Waals surface area contributed by atoms with Crippen LogP contribution in [-0.4, -0.2) is 40.7 Å². The van der Waals surface area contributed by atoms with Crippen molar-refractivity contribution in [2.75, 3.05) is 24.2 Å². The Kier molecular flexibility index (Phi) is 3.95. The van der Waals surface area contributed by atoms with Crippen molar-refractivity contribution in [2.24, 2.45) is 5.73 Å². The van der Waals surface area contributed by atoms with Gasteiger partial charge >= 0.3 is 0 Å². The number of anilines is 2. The fraction of sp³-hybridized carbons (Fsp3) is 0.375. The van der Waals surface area contributed by atoms with Crippen LogP contribution in [0.1, 0.15) is 0 Å². The average Bonchev–Trinajstić information content (AvgIpc) is 2.27. The number of hydrogen-bond donors (Lipinski definition) is 4. The quantitative estimate of drug-likeness (QED) is 0.510. The maximum atomic E-state index is 13.1. The first-order chi connectivity index (χ1) is 7.54. The molecule has 0 saturated heterocycles. The van der Waals surface area contributed by atoms with E-state index in [1.165, 1.54) is 0 Å². The molecule has 88 valence electrons. The third kappa shape index (κ3) is 3.02. The Labute approximate surface area is 90.9 Å². The number of aromatic nitrogens is 2. The zero-order chi connectivity index (χ0) is 12.1. The van der Waals surface area contributed by atoms with Gasteiger partial charge < -0.3 is 21.5 Å². The van der Waals surface area contributed by atoms with E-state index >= 15 is 0 Å². The van der Waals surface area contributed by atoms with Gasteiger partial charge in [0.1, 0.15) is 6.10 Å². The summed E-state index contributed by atoms with van der Waals surface area (Å²) in [6.07, 6.45) is -0.426. The summed E-state index contributed by atoms with van der Waals surface area (Å²) in [6, 6.07) is 0. The summed E-state index contributed by atoms with van der Waals surface area (Å²) < 4.78 is 13.1. The van der Waals surface area contributed by atoms with Crippen LogP contribution >= 0.6 is 0 Å². The predicted octanol–water partition coefficient (Wildman–Crippen LogP) is -1.08. The summed E-state index contributed by atoms with van der Waals surface area (Å²) in [6.45, 7) is -0.216. The number of nitrogens with zero attached hydrogens (tertiary/aromatic N) is 2. The molecule has 0 radical (unpaired) electrons. The monoisotopic (exact) mass is 229 g/mol. The molecule has 1 heterocycles. The number of primary amides is 1. The number of carbonyl (C=O) groups is 1. The van der Waals surface area contributed by atoms with E-state index in [-0.39, 0.29) is 18.3 Å². The van der Waals surface area contributed by atoms with E-state index in [9.17, 15) is 9.18 Å². The number of amides is 1. The first-order valence-corrected chi connectivity index (χ1v) is 4.46. The maximum absolute atomic E-state index is 13.1. The molecule has 0 spiro atoms. The molecule has 1 atom stereocenters. The summed E-state index contributed by atoms with van der Waals surface area (Å²) in [5.41, 5.74) is 4.83. The minimum atomic E-state index is -1.40. The first kappa shape index (κ1) is 12.1. The molecule has 7 nitrogen and oxygen atoms in total. The first-order valence-electron chi connectivity index (χ1n) is 4.46. The van der Waals surface area contributed by atoms with E-state index in [1.807, 2.05) is 0 Å². The molecule has 0 aromatic carbocycles. The Hall–Kier alpha value is -1.96. The van der Waals surface area contributed by atoms with Crippen LogP contribution < -0.4 is 16.4 Å². The second-order valence-corrected chi connectivity index (χ2v) is 2.94. The lowest BCUT2D eigenvalue weighted by Gasteiger charge is -2.10. The summed E-state index contributed by atoms with van der Waals surface area (Å²) in [4.78, 5) is 17.9. The zero-order valence-electron chi connectivity index (χ0n) is 8.57. The van der Waals surface area contributed by atoms with Crippen molar-refractivity contribution in [3.05, 3.63) is 12.0 Å². The molecule has 5 N–H and O–H groups in total. The van der Waals surface area contributed by atoms with Gasteiger partial charge in [-0.05, 0) is 0 Å². The molecule has 0 aliphatic heterocycles. The van der Waals surface area contributed by atoms with Crippen LogP contribution in [0.2, 0.25) is 0 Å². The summed E-state index contributed by atoms with van der Waals surface area (Å²) in [5.74, 6) is -1.47. The lowest BCUT2D eigenvalue weighted by Crippen LogP contribution is -2.34. The van der Waals surface area contributed by atoms with Gasteiger partial charge in [-0.1, -0.05) is 0 Å². The number of nitrogens with two attached hydrogens (primary N) is 1. The Balaban J connectivity index is 2.69. The molecular formula is C8H12FN5O2. The third-order valence-corrected chi connectivity index (χ3v) is 1.76. The smallest absolute Gasteiger partial charge is 0.248 e. The highest BCUT2D eigenvalue weighted by atomic mass is 19.1. The van der Waals surface area contributed by atoms with E-state index in [0.29, 0.717) is 0 Å². The fourth-order valence-corrected chi connectivity index (χ4v) is 0.905. The van der Waals surface area contributed by atoms with E-state index in [1.54, 1.807) is 7.05 Å². The molecule has 0 saturated carbocycles. The second-order valence-electron chi connectivity index (χ2n) is 2.94. The highest BCUT2D eigenvalue weighted by Gasteiger charge is 2.12. The van der Waals surface area contributed by atoms with Gasteiger partial charge in [0.25, 0.3) is 0 Å². The minimum absolute atomic E-state index is 0.111. The van der Waals surface area contributed by atoms with Gasteiger partial charge in [-0.25, -0.2) is 9.37 Å². The molecule has 0 aliphatic carbocycles. The van der Waals surface area contributed by atoms with Crippen molar-refractivity contribution >= 4 is 17.7 Å². The molecule has 1 unspecified atom stereocenters. The van der Waals surface area contributed by atoms with E-state index in [0.717, 1.165) is 6.20 Å². The van der Waals surface area contributed by atoms with Crippen LogP contribution in [0.5, 0.6) is 0 Å². The van der Waals surface area contributed by atoms with Gasteiger partial charge in [-0.15, -0.1) is 0 Å². The van der Waals surface area contributed by atoms with E-state index in [4.69, 9.17) is 10.8 Å². The summed E-state index contributed by atoms with van der Waals surface area (Å²) in [5, 5.41) is 14.2. The molecule has 0 bridgehead atoms. The third-order valence-electron chi connectivity index (χ3n) is 1.76. The summed E-state index contributed by atoms with van der Waals surface area (Å²) in [7, 11) is 1.58. The SMILES string of the molecule is CNc1ncc(F)c(NCC(O)C(N)=O)n1. The van der Waals surface area contributed by atoms with Crippen LogP contribution in [0.4, 0.5) is 16.2 Å². The van der Waals surface area contributed by atoms with Crippen molar-refractivity contribution < 1.29 is 14.3 Å². The number of nitrogens with one attached hydrogen (secondary N) is 2. The highest BCUT2D eigenvalue weighted by Crippen LogP contribution is 2.11. The number of aliphatic hydroxyl groups is 1. The van der Waals surface area contributed by atoms with Crippen LogP contribution in [0.3, 0.4) is 0 Å².